The molecule has 1 N–H and O–H groups in total. The van der Waals surface area contributed by atoms with E-state index in [1.54, 1.807) is 0 Å². The van der Waals surface area contributed by atoms with Crippen LogP contribution in [0.4, 0.5) is 0 Å². The van der Waals surface area contributed by atoms with Crippen LogP contribution >= 0.6 is 12.6 Å². The molecule has 0 bridgehead atoms. The van der Waals surface area contributed by atoms with Crippen LogP contribution in [0.15, 0.2) is 36.1 Å². The predicted octanol–water partition coefficient (Wildman–Crippen LogP) is 5.11. The zero-order valence-electron chi connectivity index (χ0n) is 14.4. The molecule has 0 amide bonds. The number of aromatic nitrogens is 3. The third-order valence-corrected chi connectivity index (χ3v) is 4.58. The Morgan fingerprint density at radius 3 is 2.12 bits per heavy atom. The molecule has 0 fully saturated rings. The van der Waals surface area contributed by atoms with Crippen molar-refractivity contribution in [3.05, 3.63) is 41.8 Å². The van der Waals surface area contributed by atoms with Gasteiger partial charge in [-0.1, -0.05) is 74.5 Å². The summed E-state index contributed by atoms with van der Waals surface area (Å²) in [6.45, 7) is 0.864. The summed E-state index contributed by atoms with van der Waals surface area (Å²) in [5.74, 6) is 1.22. The maximum Gasteiger partial charge on any atom is 0.151 e. The van der Waals surface area contributed by atoms with Crippen LogP contribution in [0.1, 0.15) is 63.5 Å². The molecule has 0 spiro atoms. The summed E-state index contributed by atoms with van der Waals surface area (Å²) in [6.07, 6.45) is 21.0. The zero-order chi connectivity index (χ0) is 17.0. The summed E-state index contributed by atoms with van der Waals surface area (Å²) in [7, 11) is 0. The van der Waals surface area contributed by atoms with E-state index < -0.39 is 0 Å². The first kappa shape index (κ1) is 18.8. The van der Waals surface area contributed by atoms with Crippen LogP contribution in [0.2, 0.25) is 0 Å². The number of aliphatic hydroxyl groups excluding tert-OH is 1. The normalized spacial score (nSPS) is 13.1. The lowest BCUT2D eigenvalue weighted by Gasteiger charge is -2.02. The van der Waals surface area contributed by atoms with Crippen molar-refractivity contribution in [1.29, 1.82) is 0 Å². The van der Waals surface area contributed by atoms with Crippen LogP contribution in [0.25, 0.3) is 5.76 Å². The van der Waals surface area contributed by atoms with Crippen molar-refractivity contribution in [1.82, 2.24) is 15.0 Å². The third kappa shape index (κ3) is 6.56. The Morgan fingerprint density at radius 1 is 0.917 bits per heavy atom. The van der Waals surface area contributed by atoms with E-state index in [1.165, 1.54) is 51.4 Å². The summed E-state index contributed by atoms with van der Waals surface area (Å²) < 4.78 is 1.83. The van der Waals surface area contributed by atoms with E-state index in [0.29, 0.717) is 5.69 Å². The Balaban J connectivity index is 1.56. The molecular formula is C19H29N3OS. The zero-order valence-corrected chi connectivity index (χ0v) is 15.3. The molecule has 5 heteroatoms. The van der Waals surface area contributed by atoms with Gasteiger partial charge in [-0.2, -0.15) is 12.6 Å². The Hall–Kier alpha value is -1.49. The highest BCUT2D eigenvalue weighted by Gasteiger charge is 2.09. The molecule has 0 unspecified atom stereocenters. The van der Waals surface area contributed by atoms with E-state index in [0.717, 1.165) is 24.3 Å². The molecule has 0 atom stereocenters. The molecule has 0 radical (unpaired) electrons. The molecule has 132 valence electrons. The minimum atomic E-state index is 0.198. The number of aliphatic hydroxyl groups is 1. The van der Waals surface area contributed by atoms with Gasteiger partial charge in [0.1, 0.15) is 5.69 Å². The second kappa shape index (κ2) is 11.1. The van der Waals surface area contributed by atoms with Crippen molar-refractivity contribution in [2.75, 3.05) is 5.75 Å². The van der Waals surface area contributed by atoms with Gasteiger partial charge in [-0.3, -0.25) is 4.68 Å². The van der Waals surface area contributed by atoms with Gasteiger partial charge in [-0.15, -0.1) is 5.10 Å². The number of thiol groups is 1. The monoisotopic (exact) mass is 347 g/mol. The van der Waals surface area contributed by atoms with Gasteiger partial charge in [0.25, 0.3) is 0 Å². The van der Waals surface area contributed by atoms with Crippen LogP contribution < -0.4 is 0 Å². The number of nitrogens with zero attached hydrogens (tertiary/aromatic N) is 3. The molecule has 0 aliphatic heterocycles. The van der Waals surface area contributed by atoms with Gasteiger partial charge in [0.05, 0.1) is 6.20 Å². The van der Waals surface area contributed by atoms with Crippen molar-refractivity contribution < 1.29 is 5.11 Å². The molecule has 2 rings (SSSR count). The smallest absolute Gasteiger partial charge is 0.151 e. The molecule has 1 aromatic heterocycles. The highest BCUT2D eigenvalue weighted by Crippen LogP contribution is 2.18. The van der Waals surface area contributed by atoms with Crippen LogP contribution in [0.5, 0.6) is 0 Å². The standard InChI is InChI=1S/C19H29N3OS/c23-19(17-12-8-9-13-17)18-16-22(21-20-18)14-10-6-4-2-1-3-5-7-11-15-24/h8-9,12-13,16,23-24H,1-7,10-11,14-15H2. The lowest BCUT2D eigenvalue weighted by molar-refractivity contribution is 0.506. The quantitative estimate of drug-likeness (QED) is 0.314. The van der Waals surface area contributed by atoms with Gasteiger partial charge in [-0.05, 0) is 18.6 Å². The summed E-state index contributed by atoms with van der Waals surface area (Å²) in [5.41, 5.74) is 1.33. The maximum absolute atomic E-state index is 10.1. The topological polar surface area (TPSA) is 50.9 Å². The van der Waals surface area contributed by atoms with E-state index in [9.17, 15) is 5.11 Å². The second-order valence-corrected chi connectivity index (χ2v) is 6.74. The van der Waals surface area contributed by atoms with E-state index in [4.69, 9.17) is 0 Å². The first-order valence-electron chi connectivity index (χ1n) is 9.10. The van der Waals surface area contributed by atoms with Crippen molar-refractivity contribution in [3.8, 4) is 0 Å². The van der Waals surface area contributed by atoms with Gasteiger partial charge in [0.15, 0.2) is 5.76 Å². The Bertz CT molecular complexity index is 561. The summed E-state index contributed by atoms with van der Waals surface area (Å²) in [5, 5.41) is 18.3. The average molecular weight is 348 g/mol. The van der Waals surface area contributed by atoms with E-state index in [1.807, 2.05) is 35.2 Å². The van der Waals surface area contributed by atoms with Crippen LogP contribution in [0, 0.1) is 0 Å². The van der Waals surface area contributed by atoms with Gasteiger partial charge < -0.3 is 5.11 Å². The summed E-state index contributed by atoms with van der Waals surface area (Å²) in [6, 6.07) is 0. The summed E-state index contributed by atoms with van der Waals surface area (Å²) >= 11 is 4.23. The van der Waals surface area contributed by atoms with E-state index in [-0.39, 0.29) is 5.76 Å². The fourth-order valence-electron chi connectivity index (χ4n) is 2.82. The van der Waals surface area contributed by atoms with Crippen molar-refractivity contribution in [2.45, 2.75) is 64.3 Å². The van der Waals surface area contributed by atoms with E-state index in [2.05, 4.69) is 22.9 Å². The first-order valence-corrected chi connectivity index (χ1v) is 9.74. The molecule has 1 aliphatic rings. The van der Waals surface area contributed by atoms with Gasteiger partial charge >= 0.3 is 0 Å². The number of allylic oxidation sites excluding steroid dienone is 5. The lowest BCUT2D eigenvalue weighted by atomic mass is 10.1. The van der Waals surface area contributed by atoms with Crippen LogP contribution in [0.3, 0.4) is 0 Å². The predicted molar refractivity (Wildman–Crippen MR) is 103 cm³/mol. The molecule has 1 heterocycles. The minimum Gasteiger partial charge on any atom is -0.505 e. The van der Waals surface area contributed by atoms with Crippen LogP contribution in [-0.2, 0) is 6.54 Å². The highest BCUT2D eigenvalue weighted by molar-refractivity contribution is 7.80. The number of aryl methyl sites for hydroxylation is 1. The number of rotatable bonds is 12. The van der Waals surface area contributed by atoms with Crippen molar-refractivity contribution in [3.63, 3.8) is 0 Å². The molecule has 24 heavy (non-hydrogen) atoms. The fourth-order valence-corrected chi connectivity index (χ4v) is 3.04. The molecular weight excluding hydrogens is 318 g/mol. The molecule has 0 aromatic carbocycles. The summed E-state index contributed by atoms with van der Waals surface area (Å²) in [4.78, 5) is 0. The molecule has 4 nitrogen and oxygen atoms in total. The Morgan fingerprint density at radius 2 is 1.50 bits per heavy atom. The van der Waals surface area contributed by atoms with Crippen LogP contribution in [-0.4, -0.2) is 25.9 Å². The van der Waals surface area contributed by atoms with Gasteiger partial charge in [0, 0.05) is 12.1 Å². The van der Waals surface area contributed by atoms with Gasteiger partial charge in [-0.25, -0.2) is 0 Å². The Labute approximate surface area is 150 Å². The molecule has 0 saturated heterocycles. The third-order valence-electron chi connectivity index (χ3n) is 4.26. The SMILES string of the molecule is OC(=C1C=CC=C1)c1cn(CCCCCCCCCCCS)nn1. The minimum absolute atomic E-state index is 0.198. The molecule has 1 aromatic rings. The van der Waals surface area contributed by atoms with Crippen molar-refractivity contribution in [2.24, 2.45) is 0 Å². The molecule has 0 saturated carbocycles. The largest absolute Gasteiger partial charge is 0.505 e. The number of hydrogen-bond donors (Lipinski definition) is 2. The average Bonchev–Trinajstić information content (AvgIpc) is 3.28. The second-order valence-electron chi connectivity index (χ2n) is 6.29. The molecule has 1 aliphatic carbocycles. The van der Waals surface area contributed by atoms with Crippen molar-refractivity contribution >= 4 is 18.4 Å². The fraction of sp³-hybridized carbons (Fsp3) is 0.579. The first-order chi connectivity index (χ1) is 11.8. The number of hydrogen-bond acceptors (Lipinski definition) is 4. The lowest BCUT2D eigenvalue weighted by Crippen LogP contribution is -1.98. The highest BCUT2D eigenvalue weighted by atomic mass is 32.1. The maximum atomic E-state index is 10.1. The van der Waals surface area contributed by atoms with E-state index >= 15 is 0 Å². The van der Waals surface area contributed by atoms with Gasteiger partial charge in [0.2, 0.25) is 0 Å². The Kier molecular flexibility index (Phi) is 8.74. The number of unbranched alkanes of at least 4 members (excludes halogenated alkanes) is 8.